The molecule has 0 saturated carbocycles. The summed E-state index contributed by atoms with van der Waals surface area (Å²) in [5.41, 5.74) is 3.11. The Kier molecular flexibility index (Phi) is 4.52. The molecule has 6 heteroatoms. The van der Waals surface area contributed by atoms with Gasteiger partial charge >= 0.3 is 0 Å². The van der Waals surface area contributed by atoms with Crippen molar-refractivity contribution in [3.05, 3.63) is 57.6 Å². The second-order valence-electron chi connectivity index (χ2n) is 5.84. The summed E-state index contributed by atoms with van der Waals surface area (Å²) in [7, 11) is 0. The summed E-state index contributed by atoms with van der Waals surface area (Å²) in [6.07, 6.45) is 0.104. The average molecular weight is 363 g/mol. The van der Waals surface area contributed by atoms with Crippen LogP contribution in [0.25, 0.3) is 0 Å². The molecular formula is C18H16Cl2N2O2. The maximum atomic E-state index is 12.8. The van der Waals surface area contributed by atoms with E-state index in [1.807, 2.05) is 32.0 Å². The zero-order chi connectivity index (χ0) is 17.4. The summed E-state index contributed by atoms with van der Waals surface area (Å²) < 4.78 is 0. The van der Waals surface area contributed by atoms with E-state index in [1.54, 1.807) is 18.2 Å². The summed E-state index contributed by atoms with van der Waals surface area (Å²) in [6.45, 7) is 3.78. The third-order valence-electron chi connectivity index (χ3n) is 4.07. The first-order valence-corrected chi connectivity index (χ1v) is 8.28. The van der Waals surface area contributed by atoms with Crippen LogP contribution in [0, 0.1) is 13.8 Å². The summed E-state index contributed by atoms with van der Waals surface area (Å²) in [5.74, 6) is -0.474. The molecule has 0 aliphatic carbocycles. The molecule has 2 amide bonds. The maximum Gasteiger partial charge on any atom is 0.256 e. The first-order chi connectivity index (χ1) is 11.4. The van der Waals surface area contributed by atoms with Gasteiger partial charge in [0.05, 0.1) is 22.2 Å². The summed E-state index contributed by atoms with van der Waals surface area (Å²) in [5, 5.41) is 3.90. The molecule has 1 aliphatic rings. The van der Waals surface area contributed by atoms with Gasteiger partial charge in [0.2, 0.25) is 5.91 Å². The highest BCUT2D eigenvalue weighted by Crippen LogP contribution is 2.31. The van der Waals surface area contributed by atoms with Gasteiger partial charge in [-0.1, -0.05) is 41.4 Å². The molecule has 1 aliphatic heterocycles. The fourth-order valence-corrected chi connectivity index (χ4v) is 3.22. The van der Waals surface area contributed by atoms with Crippen molar-refractivity contribution in [1.82, 2.24) is 0 Å². The number of hydrogen-bond acceptors (Lipinski definition) is 3. The van der Waals surface area contributed by atoms with E-state index in [2.05, 4.69) is 5.32 Å². The second kappa shape index (κ2) is 6.46. The Morgan fingerprint density at radius 3 is 2.33 bits per heavy atom. The van der Waals surface area contributed by atoms with Crippen molar-refractivity contribution in [1.29, 1.82) is 0 Å². The van der Waals surface area contributed by atoms with Gasteiger partial charge in [-0.2, -0.15) is 0 Å². The van der Waals surface area contributed by atoms with Crippen LogP contribution in [0.5, 0.6) is 0 Å². The normalized spacial score (nSPS) is 17.5. The number of amides is 2. The van der Waals surface area contributed by atoms with E-state index in [4.69, 9.17) is 23.2 Å². The van der Waals surface area contributed by atoms with Crippen LogP contribution in [0.3, 0.4) is 0 Å². The van der Waals surface area contributed by atoms with Gasteiger partial charge in [0.15, 0.2) is 0 Å². The molecule has 1 heterocycles. The Balaban J connectivity index is 1.88. The van der Waals surface area contributed by atoms with Crippen molar-refractivity contribution < 1.29 is 9.59 Å². The van der Waals surface area contributed by atoms with Crippen LogP contribution in [0.4, 0.5) is 11.4 Å². The first-order valence-electron chi connectivity index (χ1n) is 7.53. The van der Waals surface area contributed by atoms with Gasteiger partial charge in [-0.15, -0.1) is 0 Å². The minimum absolute atomic E-state index is 0.104. The number of benzene rings is 2. The fourth-order valence-electron chi connectivity index (χ4n) is 2.93. The van der Waals surface area contributed by atoms with Crippen LogP contribution in [-0.2, 0) is 9.59 Å². The Labute approximate surface area is 150 Å². The van der Waals surface area contributed by atoms with E-state index >= 15 is 0 Å². The van der Waals surface area contributed by atoms with Crippen LogP contribution in [0.15, 0.2) is 36.4 Å². The van der Waals surface area contributed by atoms with Crippen LogP contribution in [-0.4, -0.2) is 17.9 Å². The lowest BCUT2D eigenvalue weighted by molar-refractivity contribution is -0.121. The summed E-state index contributed by atoms with van der Waals surface area (Å²) in [6, 6.07) is 10.1. The highest BCUT2D eigenvalue weighted by Gasteiger charge is 2.40. The van der Waals surface area contributed by atoms with Crippen LogP contribution < -0.4 is 10.2 Å². The van der Waals surface area contributed by atoms with Crippen molar-refractivity contribution in [3.63, 3.8) is 0 Å². The van der Waals surface area contributed by atoms with Gasteiger partial charge in [0.25, 0.3) is 5.91 Å². The SMILES string of the molecule is Cc1cccc(C)c1N1C(=O)C[C@H](Nc2ccc(Cl)c(Cl)c2)C1=O. The van der Waals surface area contributed by atoms with Crippen molar-refractivity contribution in [2.75, 3.05) is 10.2 Å². The van der Waals surface area contributed by atoms with E-state index in [9.17, 15) is 9.59 Å². The summed E-state index contributed by atoms with van der Waals surface area (Å²) >= 11 is 11.9. The zero-order valence-corrected chi connectivity index (χ0v) is 14.8. The second-order valence-corrected chi connectivity index (χ2v) is 6.65. The van der Waals surface area contributed by atoms with Gasteiger partial charge in [0.1, 0.15) is 6.04 Å². The minimum atomic E-state index is -0.617. The van der Waals surface area contributed by atoms with Crippen LogP contribution >= 0.6 is 23.2 Å². The van der Waals surface area contributed by atoms with E-state index < -0.39 is 6.04 Å². The lowest BCUT2D eigenvalue weighted by atomic mass is 10.1. The van der Waals surface area contributed by atoms with Crippen molar-refractivity contribution in [2.45, 2.75) is 26.3 Å². The molecule has 1 N–H and O–H groups in total. The number of anilines is 2. The molecule has 0 aromatic heterocycles. The van der Waals surface area contributed by atoms with E-state index in [-0.39, 0.29) is 18.2 Å². The van der Waals surface area contributed by atoms with Gasteiger partial charge in [-0.25, -0.2) is 4.90 Å². The Morgan fingerprint density at radius 1 is 1.04 bits per heavy atom. The molecule has 0 unspecified atom stereocenters. The maximum absolute atomic E-state index is 12.8. The Bertz CT molecular complexity index is 816. The Hall–Kier alpha value is -2.04. The van der Waals surface area contributed by atoms with Gasteiger partial charge in [-0.05, 0) is 43.2 Å². The first kappa shape index (κ1) is 16.8. The molecule has 4 nitrogen and oxygen atoms in total. The van der Waals surface area contributed by atoms with Gasteiger partial charge in [-0.3, -0.25) is 9.59 Å². The number of nitrogens with zero attached hydrogens (tertiary/aromatic N) is 1. The molecule has 24 heavy (non-hydrogen) atoms. The lowest BCUT2D eigenvalue weighted by Crippen LogP contribution is -2.35. The predicted molar refractivity (Wildman–Crippen MR) is 96.9 cm³/mol. The number of carbonyl (C=O) groups excluding carboxylic acids is 2. The molecule has 1 atom stereocenters. The molecule has 1 fully saturated rings. The predicted octanol–water partition coefficient (Wildman–Crippen LogP) is 4.35. The number of aryl methyl sites for hydroxylation is 2. The molecule has 1 saturated heterocycles. The zero-order valence-electron chi connectivity index (χ0n) is 13.3. The number of hydrogen-bond donors (Lipinski definition) is 1. The number of rotatable bonds is 3. The molecule has 0 spiro atoms. The minimum Gasteiger partial charge on any atom is -0.373 e. The van der Waals surface area contributed by atoms with Crippen molar-refractivity contribution in [3.8, 4) is 0 Å². The highest BCUT2D eigenvalue weighted by molar-refractivity contribution is 6.42. The molecule has 124 valence electrons. The fraction of sp³-hybridized carbons (Fsp3) is 0.222. The number of nitrogens with one attached hydrogen (secondary N) is 1. The van der Waals surface area contributed by atoms with Gasteiger partial charge in [0, 0.05) is 5.69 Å². The molecule has 2 aromatic rings. The van der Waals surface area contributed by atoms with E-state index in [1.165, 1.54) is 4.90 Å². The average Bonchev–Trinajstić information content (AvgIpc) is 2.78. The topological polar surface area (TPSA) is 49.4 Å². The largest absolute Gasteiger partial charge is 0.373 e. The smallest absolute Gasteiger partial charge is 0.256 e. The van der Waals surface area contributed by atoms with Crippen LogP contribution in [0.2, 0.25) is 10.0 Å². The lowest BCUT2D eigenvalue weighted by Gasteiger charge is -2.20. The van der Waals surface area contributed by atoms with Crippen molar-refractivity contribution >= 4 is 46.4 Å². The standard InChI is InChI=1S/C18H16Cl2N2O2/c1-10-4-3-5-11(2)17(10)22-16(23)9-15(18(22)24)21-12-6-7-13(19)14(20)8-12/h3-8,15,21H,9H2,1-2H3/t15-/m0/s1. The Morgan fingerprint density at radius 2 is 1.71 bits per heavy atom. The third kappa shape index (κ3) is 2.99. The quantitative estimate of drug-likeness (QED) is 0.825. The number of para-hydroxylation sites is 1. The van der Waals surface area contributed by atoms with Gasteiger partial charge < -0.3 is 5.32 Å². The molecule has 3 rings (SSSR count). The summed E-state index contributed by atoms with van der Waals surface area (Å²) in [4.78, 5) is 26.5. The molecule has 2 aromatic carbocycles. The number of carbonyl (C=O) groups is 2. The monoisotopic (exact) mass is 362 g/mol. The molecule has 0 radical (unpaired) electrons. The number of halogens is 2. The molecular weight excluding hydrogens is 347 g/mol. The third-order valence-corrected chi connectivity index (χ3v) is 4.81. The van der Waals surface area contributed by atoms with Crippen molar-refractivity contribution in [2.24, 2.45) is 0 Å². The van der Waals surface area contributed by atoms with E-state index in [0.29, 0.717) is 21.4 Å². The van der Waals surface area contributed by atoms with Crippen LogP contribution in [0.1, 0.15) is 17.5 Å². The number of imide groups is 1. The highest BCUT2D eigenvalue weighted by atomic mass is 35.5. The van der Waals surface area contributed by atoms with E-state index in [0.717, 1.165) is 11.1 Å². The molecule has 0 bridgehead atoms.